The minimum absolute atomic E-state index is 0.239. The van der Waals surface area contributed by atoms with Crippen LogP contribution < -0.4 is 5.32 Å². The highest BCUT2D eigenvalue weighted by Crippen LogP contribution is 2.20. The van der Waals surface area contributed by atoms with E-state index in [4.69, 9.17) is 5.26 Å². The van der Waals surface area contributed by atoms with Gasteiger partial charge in [0.2, 0.25) is 0 Å². The monoisotopic (exact) mass is 370 g/mol. The van der Waals surface area contributed by atoms with Crippen LogP contribution in [0.4, 0.5) is 14.5 Å². The van der Waals surface area contributed by atoms with Crippen LogP contribution in [-0.4, -0.2) is 0 Å². The van der Waals surface area contributed by atoms with Crippen LogP contribution >= 0.6 is 22.6 Å². The average molecular weight is 370 g/mol. The number of hydrogen-bond acceptors (Lipinski definition) is 2. The van der Waals surface area contributed by atoms with E-state index in [2.05, 4.69) is 5.32 Å². The van der Waals surface area contributed by atoms with Gasteiger partial charge in [-0.15, -0.1) is 0 Å². The van der Waals surface area contributed by atoms with Gasteiger partial charge in [-0.2, -0.15) is 5.26 Å². The van der Waals surface area contributed by atoms with Gasteiger partial charge in [0, 0.05) is 21.4 Å². The Bertz CT molecular complexity index is 650. The highest BCUT2D eigenvalue weighted by Gasteiger charge is 2.05. The van der Waals surface area contributed by atoms with Gasteiger partial charge in [-0.1, -0.05) is 0 Å². The van der Waals surface area contributed by atoms with Crippen LogP contribution in [0.3, 0.4) is 0 Å². The molecule has 19 heavy (non-hydrogen) atoms. The Hall–Kier alpha value is -1.68. The van der Waals surface area contributed by atoms with E-state index in [0.29, 0.717) is 11.1 Å². The third kappa shape index (κ3) is 3.41. The predicted molar refractivity (Wildman–Crippen MR) is 77.6 cm³/mol. The average Bonchev–Trinajstić information content (AvgIpc) is 2.39. The van der Waals surface area contributed by atoms with Crippen LogP contribution in [0.15, 0.2) is 36.4 Å². The van der Waals surface area contributed by atoms with E-state index in [1.165, 1.54) is 30.3 Å². The fourth-order valence-electron chi connectivity index (χ4n) is 1.60. The lowest BCUT2D eigenvalue weighted by Crippen LogP contribution is -2.03. The molecular weight excluding hydrogens is 361 g/mol. The molecule has 0 aliphatic rings. The molecule has 0 heterocycles. The fourth-order valence-corrected chi connectivity index (χ4v) is 2.27. The van der Waals surface area contributed by atoms with Gasteiger partial charge >= 0.3 is 0 Å². The molecule has 1 N–H and O–H groups in total. The number of halogens is 3. The van der Waals surface area contributed by atoms with Gasteiger partial charge in [-0.05, 0) is 59.0 Å². The Morgan fingerprint density at radius 2 is 1.95 bits per heavy atom. The fraction of sp³-hybridized carbons (Fsp3) is 0.0714. The topological polar surface area (TPSA) is 35.8 Å². The van der Waals surface area contributed by atoms with Gasteiger partial charge in [-0.25, -0.2) is 8.78 Å². The Morgan fingerprint density at radius 1 is 1.16 bits per heavy atom. The normalized spacial score (nSPS) is 10.0. The maximum Gasteiger partial charge on any atom is 0.128 e. The first-order valence-electron chi connectivity index (χ1n) is 5.47. The van der Waals surface area contributed by atoms with Crippen LogP contribution in [0.1, 0.15) is 11.1 Å². The number of rotatable bonds is 3. The molecule has 0 aliphatic heterocycles. The highest BCUT2D eigenvalue weighted by atomic mass is 127. The zero-order valence-corrected chi connectivity index (χ0v) is 11.9. The van der Waals surface area contributed by atoms with Gasteiger partial charge < -0.3 is 5.32 Å². The first-order valence-corrected chi connectivity index (χ1v) is 6.55. The molecule has 0 amide bonds. The predicted octanol–water partition coefficient (Wildman–Crippen LogP) is 4.05. The summed E-state index contributed by atoms with van der Waals surface area (Å²) in [7, 11) is 0. The molecule has 0 radical (unpaired) electrons. The van der Waals surface area contributed by atoms with Crippen molar-refractivity contribution in [3.63, 3.8) is 0 Å². The maximum atomic E-state index is 13.6. The van der Waals surface area contributed by atoms with Gasteiger partial charge in [0.1, 0.15) is 11.6 Å². The Kier molecular flexibility index (Phi) is 4.32. The summed E-state index contributed by atoms with van der Waals surface area (Å²) in [5, 5.41) is 11.8. The Labute approximate surface area is 123 Å². The molecule has 2 rings (SSSR count). The van der Waals surface area contributed by atoms with Gasteiger partial charge in [0.15, 0.2) is 0 Å². The number of nitriles is 1. The minimum atomic E-state index is -0.372. The van der Waals surface area contributed by atoms with E-state index in [1.54, 1.807) is 6.07 Å². The zero-order valence-electron chi connectivity index (χ0n) is 9.75. The molecule has 0 saturated heterocycles. The van der Waals surface area contributed by atoms with Crippen molar-refractivity contribution in [1.29, 1.82) is 5.26 Å². The van der Waals surface area contributed by atoms with Crippen molar-refractivity contribution >= 4 is 28.3 Å². The number of nitrogens with zero attached hydrogens (tertiary/aromatic N) is 1. The summed E-state index contributed by atoms with van der Waals surface area (Å²) in [6.45, 7) is 0.239. The molecule has 0 bridgehead atoms. The Morgan fingerprint density at radius 3 is 2.63 bits per heavy atom. The molecule has 0 aromatic heterocycles. The maximum absolute atomic E-state index is 13.6. The van der Waals surface area contributed by atoms with Gasteiger partial charge in [-0.3, -0.25) is 0 Å². The van der Waals surface area contributed by atoms with Gasteiger partial charge in [0.25, 0.3) is 0 Å². The lowest BCUT2D eigenvalue weighted by atomic mass is 10.1. The standard InChI is InChI=1S/C14H9F2IN2/c15-11-2-4-14(13(17)6-11)19-8-10-5-9(7-18)1-3-12(10)16/h1-6,19H,8H2. The Balaban J connectivity index is 2.16. The summed E-state index contributed by atoms with van der Waals surface area (Å²) in [5.41, 5.74) is 1.54. The van der Waals surface area contributed by atoms with E-state index in [1.807, 2.05) is 28.7 Å². The van der Waals surface area contributed by atoms with E-state index in [0.717, 1.165) is 9.26 Å². The van der Waals surface area contributed by atoms with Crippen molar-refractivity contribution in [2.24, 2.45) is 0 Å². The van der Waals surface area contributed by atoms with E-state index >= 15 is 0 Å². The van der Waals surface area contributed by atoms with Crippen molar-refractivity contribution in [3.8, 4) is 6.07 Å². The van der Waals surface area contributed by atoms with Crippen molar-refractivity contribution in [1.82, 2.24) is 0 Å². The lowest BCUT2D eigenvalue weighted by molar-refractivity contribution is 0.612. The SMILES string of the molecule is N#Cc1ccc(F)c(CNc2ccc(F)cc2I)c1. The minimum Gasteiger partial charge on any atom is -0.380 e. The second-order valence-corrected chi connectivity index (χ2v) is 5.06. The van der Waals surface area contributed by atoms with E-state index < -0.39 is 0 Å². The molecule has 0 spiro atoms. The molecule has 0 saturated carbocycles. The van der Waals surface area contributed by atoms with E-state index in [9.17, 15) is 8.78 Å². The lowest BCUT2D eigenvalue weighted by Gasteiger charge is -2.09. The van der Waals surface area contributed by atoms with E-state index in [-0.39, 0.29) is 18.2 Å². The van der Waals surface area contributed by atoms with Crippen LogP contribution in [-0.2, 0) is 6.54 Å². The van der Waals surface area contributed by atoms with Crippen molar-refractivity contribution in [2.75, 3.05) is 5.32 Å². The first kappa shape index (κ1) is 13.7. The summed E-state index contributed by atoms with van der Waals surface area (Å²) in [5.74, 6) is -0.684. The quantitative estimate of drug-likeness (QED) is 0.828. The first-order chi connectivity index (χ1) is 9.10. The molecule has 0 atom stereocenters. The molecule has 2 nitrogen and oxygen atoms in total. The molecule has 0 fully saturated rings. The van der Waals surface area contributed by atoms with Crippen LogP contribution in [0.5, 0.6) is 0 Å². The highest BCUT2D eigenvalue weighted by molar-refractivity contribution is 14.1. The molecule has 0 unspecified atom stereocenters. The third-order valence-electron chi connectivity index (χ3n) is 2.58. The zero-order chi connectivity index (χ0) is 13.8. The van der Waals surface area contributed by atoms with Crippen molar-refractivity contribution in [3.05, 3.63) is 62.7 Å². The number of hydrogen-bond donors (Lipinski definition) is 1. The molecule has 5 heteroatoms. The summed E-state index contributed by atoms with van der Waals surface area (Å²) in [6.07, 6.45) is 0. The van der Waals surface area contributed by atoms with Crippen LogP contribution in [0.25, 0.3) is 0 Å². The number of anilines is 1. The molecule has 2 aromatic rings. The third-order valence-corrected chi connectivity index (χ3v) is 3.47. The molecule has 96 valence electrons. The molecular formula is C14H9F2IN2. The second-order valence-electron chi connectivity index (χ2n) is 3.90. The molecule has 0 aliphatic carbocycles. The van der Waals surface area contributed by atoms with Crippen LogP contribution in [0.2, 0.25) is 0 Å². The largest absolute Gasteiger partial charge is 0.380 e. The number of benzene rings is 2. The summed E-state index contributed by atoms with van der Waals surface area (Å²) in [6, 6.07) is 10.5. The van der Waals surface area contributed by atoms with Crippen molar-refractivity contribution in [2.45, 2.75) is 6.54 Å². The second kappa shape index (κ2) is 5.97. The number of nitrogens with one attached hydrogen (secondary N) is 1. The van der Waals surface area contributed by atoms with Crippen molar-refractivity contribution < 1.29 is 8.78 Å². The van der Waals surface area contributed by atoms with Crippen LogP contribution in [0, 0.1) is 26.5 Å². The molecule has 2 aromatic carbocycles. The smallest absolute Gasteiger partial charge is 0.128 e. The summed E-state index contributed by atoms with van der Waals surface area (Å²) < 4.78 is 27.2. The summed E-state index contributed by atoms with van der Waals surface area (Å²) >= 11 is 2.00. The van der Waals surface area contributed by atoms with Gasteiger partial charge in [0.05, 0.1) is 11.6 Å². The summed E-state index contributed by atoms with van der Waals surface area (Å²) in [4.78, 5) is 0.